The normalized spacial score (nSPS) is 12.7. The number of fused-ring (bicyclic) bond motifs is 5. The summed E-state index contributed by atoms with van der Waals surface area (Å²) in [7, 11) is 0. The molecule has 0 heteroatoms. The van der Waals surface area contributed by atoms with E-state index in [2.05, 4.69) is 127 Å². The number of rotatable bonds is 2. The molecule has 33 heavy (non-hydrogen) atoms. The van der Waals surface area contributed by atoms with Crippen molar-refractivity contribution in [2.45, 2.75) is 5.92 Å². The predicted molar refractivity (Wildman–Crippen MR) is 140 cm³/mol. The van der Waals surface area contributed by atoms with Crippen LogP contribution in [-0.2, 0) is 0 Å². The summed E-state index contributed by atoms with van der Waals surface area (Å²) >= 11 is 0. The van der Waals surface area contributed by atoms with E-state index < -0.39 is 0 Å². The van der Waals surface area contributed by atoms with Gasteiger partial charge in [0.15, 0.2) is 0 Å². The summed E-state index contributed by atoms with van der Waals surface area (Å²) in [5.41, 5.74) is 9.53. The Morgan fingerprint density at radius 1 is 0.364 bits per heavy atom. The highest BCUT2D eigenvalue weighted by Gasteiger charge is 2.32. The van der Waals surface area contributed by atoms with Crippen molar-refractivity contribution in [1.29, 1.82) is 0 Å². The second-order valence-corrected chi connectivity index (χ2v) is 8.85. The zero-order valence-electron chi connectivity index (χ0n) is 18.2. The number of benzene rings is 6. The molecular weight excluding hydrogens is 396 g/mol. The Morgan fingerprint density at radius 2 is 0.788 bits per heavy atom. The minimum atomic E-state index is 0.219. The van der Waals surface area contributed by atoms with Gasteiger partial charge in [-0.3, -0.25) is 0 Å². The van der Waals surface area contributed by atoms with Crippen LogP contribution in [0.25, 0.3) is 43.8 Å². The molecule has 0 N–H and O–H groups in total. The van der Waals surface area contributed by atoms with Crippen molar-refractivity contribution in [3.63, 3.8) is 0 Å². The van der Waals surface area contributed by atoms with Gasteiger partial charge in [0, 0.05) is 5.92 Å². The van der Waals surface area contributed by atoms with Gasteiger partial charge < -0.3 is 0 Å². The van der Waals surface area contributed by atoms with Crippen molar-refractivity contribution in [2.75, 3.05) is 0 Å². The Kier molecular flexibility index (Phi) is 4.01. The van der Waals surface area contributed by atoms with Crippen molar-refractivity contribution in [3.8, 4) is 22.3 Å². The average molecular weight is 419 g/mol. The first-order valence-corrected chi connectivity index (χ1v) is 11.6. The zero-order valence-corrected chi connectivity index (χ0v) is 18.2. The van der Waals surface area contributed by atoms with Crippen LogP contribution in [-0.4, -0.2) is 0 Å². The molecule has 1 aliphatic rings. The maximum absolute atomic E-state index is 2.31. The average Bonchev–Trinajstić information content (AvgIpc) is 3.22. The topological polar surface area (TPSA) is 0 Å². The number of hydrogen-bond donors (Lipinski definition) is 0. The summed E-state index contributed by atoms with van der Waals surface area (Å²) in [5.74, 6) is 0.219. The minimum Gasteiger partial charge on any atom is -0.0622 e. The van der Waals surface area contributed by atoms with E-state index in [1.54, 1.807) is 0 Å². The lowest BCUT2D eigenvalue weighted by atomic mass is 9.80. The van der Waals surface area contributed by atoms with Gasteiger partial charge in [-0.25, -0.2) is 0 Å². The molecule has 0 heterocycles. The Balaban J connectivity index is 1.66. The first kappa shape index (κ1) is 18.4. The Hall–Kier alpha value is -4.16. The quantitative estimate of drug-likeness (QED) is 0.246. The van der Waals surface area contributed by atoms with E-state index in [1.165, 1.54) is 60.5 Å². The summed E-state index contributed by atoms with van der Waals surface area (Å²) in [6.07, 6.45) is 0. The molecule has 154 valence electrons. The lowest BCUT2D eigenvalue weighted by molar-refractivity contribution is 1.04. The van der Waals surface area contributed by atoms with Crippen molar-refractivity contribution in [1.82, 2.24) is 0 Å². The van der Waals surface area contributed by atoms with Crippen molar-refractivity contribution >= 4 is 21.5 Å². The third-order valence-corrected chi connectivity index (χ3v) is 7.16. The van der Waals surface area contributed by atoms with Gasteiger partial charge >= 0.3 is 0 Å². The van der Waals surface area contributed by atoms with E-state index in [9.17, 15) is 0 Å². The Labute approximate surface area is 193 Å². The summed E-state index contributed by atoms with van der Waals surface area (Å²) in [4.78, 5) is 0. The van der Waals surface area contributed by atoms with Crippen molar-refractivity contribution in [3.05, 3.63) is 144 Å². The van der Waals surface area contributed by atoms with Crippen LogP contribution in [0.4, 0.5) is 0 Å². The summed E-state index contributed by atoms with van der Waals surface area (Å²) in [6, 6.07) is 46.6. The first-order valence-electron chi connectivity index (χ1n) is 11.6. The van der Waals surface area contributed by atoms with Gasteiger partial charge in [0.05, 0.1) is 0 Å². The van der Waals surface area contributed by atoms with Crippen LogP contribution in [0.15, 0.2) is 127 Å². The van der Waals surface area contributed by atoms with Crippen molar-refractivity contribution in [2.24, 2.45) is 0 Å². The van der Waals surface area contributed by atoms with E-state index in [0.717, 1.165) is 0 Å². The summed E-state index contributed by atoms with van der Waals surface area (Å²) < 4.78 is 0. The molecule has 0 aliphatic heterocycles. The smallest absolute Gasteiger partial charge is 0.0364 e. The van der Waals surface area contributed by atoms with Crippen LogP contribution in [0.3, 0.4) is 0 Å². The molecule has 0 spiro atoms. The van der Waals surface area contributed by atoms with Gasteiger partial charge in [-0.1, -0.05) is 127 Å². The molecule has 0 radical (unpaired) electrons. The SMILES string of the molecule is c1ccc(-c2c3ccccc3c(C3c4ccccc4-c4ccccc43)c3ccccc23)cc1. The summed E-state index contributed by atoms with van der Waals surface area (Å²) in [5, 5.41) is 5.32. The highest BCUT2D eigenvalue weighted by Crippen LogP contribution is 2.52. The predicted octanol–water partition coefficient (Wildman–Crippen LogP) is 8.82. The largest absolute Gasteiger partial charge is 0.0622 e. The van der Waals surface area contributed by atoms with Gasteiger partial charge in [0.1, 0.15) is 0 Å². The lowest BCUT2D eigenvalue weighted by Gasteiger charge is -2.22. The molecule has 0 fully saturated rings. The third kappa shape index (κ3) is 2.64. The van der Waals surface area contributed by atoms with Gasteiger partial charge in [0.25, 0.3) is 0 Å². The monoisotopic (exact) mass is 418 g/mol. The molecule has 0 saturated heterocycles. The Morgan fingerprint density at radius 3 is 1.33 bits per heavy atom. The first-order chi connectivity index (χ1) is 16.4. The van der Waals surface area contributed by atoms with E-state index in [0.29, 0.717) is 0 Å². The Bertz CT molecular complexity index is 1550. The second kappa shape index (κ2) is 7.18. The standard InChI is InChI=1S/C33H22/c1-2-12-22(13-3-1)31-27-18-8-10-20-29(27)33(30-21-11-9-19-28(30)31)32-25-16-6-4-14-23(25)24-15-5-7-17-26(24)32/h1-21,32H. The van der Waals surface area contributed by atoms with Crippen molar-refractivity contribution < 1.29 is 0 Å². The fourth-order valence-electron chi connectivity index (χ4n) is 5.86. The van der Waals surface area contributed by atoms with E-state index in [-0.39, 0.29) is 5.92 Å². The van der Waals surface area contributed by atoms with Gasteiger partial charge in [-0.2, -0.15) is 0 Å². The molecule has 0 nitrogen and oxygen atoms in total. The molecule has 6 aromatic rings. The van der Waals surface area contributed by atoms with Gasteiger partial charge in [0.2, 0.25) is 0 Å². The molecule has 0 bridgehead atoms. The van der Waals surface area contributed by atoms with Crippen LogP contribution in [0.5, 0.6) is 0 Å². The molecule has 0 saturated carbocycles. The molecule has 6 aromatic carbocycles. The van der Waals surface area contributed by atoms with E-state index in [1.807, 2.05) is 0 Å². The second-order valence-electron chi connectivity index (χ2n) is 8.85. The van der Waals surface area contributed by atoms with E-state index in [4.69, 9.17) is 0 Å². The van der Waals surface area contributed by atoms with Gasteiger partial charge in [-0.05, 0) is 60.5 Å². The third-order valence-electron chi connectivity index (χ3n) is 7.16. The molecule has 7 rings (SSSR count). The van der Waals surface area contributed by atoms with Gasteiger partial charge in [-0.15, -0.1) is 0 Å². The lowest BCUT2D eigenvalue weighted by Crippen LogP contribution is -2.03. The van der Waals surface area contributed by atoms with Crippen LogP contribution < -0.4 is 0 Å². The van der Waals surface area contributed by atoms with Crippen LogP contribution in [0.2, 0.25) is 0 Å². The van der Waals surface area contributed by atoms with Crippen LogP contribution in [0.1, 0.15) is 22.6 Å². The molecule has 0 unspecified atom stereocenters. The van der Waals surface area contributed by atoms with Crippen LogP contribution in [0, 0.1) is 0 Å². The highest BCUT2D eigenvalue weighted by atomic mass is 14.3. The minimum absolute atomic E-state index is 0.219. The van der Waals surface area contributed by atoms with Crippen LogP contribution >= 0.6 is 0 Å². The zero-order chi connectivity index (χ0) is 21.8. The highest BCUT2D eigenvalue weighted by molar-refractivity contribution is 6.16. The maximum atomic E-state index is 2.31. The molecule has 0 atom stereocenters. The fraction of sp³-hybridized carbons (Fsp3) is 0.0303. The number of hydrogen-bond acceptors (Lipinski definition) is 0. The summed E-state index contributed by atoms with van der Waals surface area (Å²) in [6.45, 7) is 0. The fourth-order valence-corrected chi connectivity index (χ4v) is 5.86. The molecule has 0 aromatic heterocycles. The molecular formula is C33H22. The molecule has 0 amide bonds. The molecule has 1 aliphatic carbocycles. The van der Waals surface area contributed by atoms with E-state index >= 15 is 0 Å². The maximum Gasteiger partial charge on any atom is 0.0364 e.